The Balaban J connectivity index is 1.79. The Bertz CT molecular complexity index is 521. The van der Waals surface area contributed by atoms with Gasteiger partial charge in [-0.15, -0.1) is 0 Å². The molecule has 2 aliphatic heterocycles. The highest BCUT2D eigenvalue weighted by Crippen LogP contribution is 2.31. The Morgan fingerprint density at radius 1 is 1.30 bits per heavy atom. The third-order valence-corrected chi connectivity index (χ3v) is 4.64. The molecule has 0 amide bonds. The molecule has 2 atom stereocenters. The van der Waals surface area contributed by atoms with E-state index in [0.717, 1.165) is 13.0 Å². The zero-order valence-corrected chi connectivity index (χ0v) is 12.1. The predicted molar refractivity (Wildman–Crippen MR) is 79.7 cm³/mol. The van der Waals surface area contributed by atoms with E-state index in [1.807, 2.05) is 0 Å². The van der Waals surface area contributed by atoms with Crippen molar-refractivity contribution in [1.82, 2.24) is 4.90 Å². The van der Waals surface area contributed by atoms with Gasteiger partial charge < -0.3 is 10.4 Å². The minimum absolute atomic E-state index is 0.256. The summed E-state index contributed by atoms with van der Waals surface area (Å²) in [5.74, 6) is -0.937. The molecule has 2 unspecified atom stereocenters. The molecule has 5 heteroatoms. The van der Waals surface area contributed by atoms with Crippen molar-refractivity contribution in [1.29, 1.82) is 0 Å². The lowest BCUT2D eigenvalue weighted by Crippen LogP contribution is -2.41. The van der Waals surface area contributed by atoms with Gasteiger partial charge in [0.2, 0.25) is 0 Å². The number of aromatic carboxylic acids is 1. The molecule has 0 saturated carbocycles. The largest absolute Gasteiger partial charge is 0.478 e. The van der Waals surface area contributed by atoms with Gasteiger partial charge in [-0.3, -0.25) is 4.90 Å². The smallest absolute Gasteiger partial charge is 0.337 e. The monoisotopic (exact) mass is 294 g/mol. The van der Waals surface area contributed by atoms with Gasteiger partial charge in [0.1, 0.15) is 0 Å². The van der Waals surface area contributed by atoms with E-state index in [0.29, 0.717) is 22.8 Å². The number of halogens is 1. The van der Waals surface area contributed by atoms with E-state index in [2.05, 4.69) is 10.2 Å². The Morgan fingerprint density at radius 3 is 2.95 bits per heavy atom. The Morgan fingerprint density at radius 2 is 2.15 bits per heavy atom. The van der Waals surface area contributed by atoms with Gasteiger partial charge in [0.05, 0.1) is 5.56 Å². The van der Waals surface area contributed by atoms with Crippen LogP contribution in [0.5, 0.6) is 0 Å². The van der Waals surface area contributed by atoms with Crippen LogP contribution in [0.15, 0.2) is 18.2 Å². The highest BCUT2D eigenvalue weighted by atomic mass is 35.5. The average molecular weight is 295 g/mol. The first kappa shape index (κ1) is 13.7. The molecule has 2 aliphatic rings. The van der Waals surface area contributed by atoms with E-state index < -0.39 is 5.97 Å². The molecule has 1 aromatic carbocycles. The van der Waals surface area contributed by atoms with Gasteiger partial charge in [-0.05, 0) is 44.0 Å². The molecule has 108 valence electrons. The fourth-order valence-electron chi connectivity index (χ4n) is 3.43. The van der Waals surface area contributed by atoms with Gasteiger partial charge in [0.15, 0.2) is 0 Å². The summed E-state index contributed by atoms with van der Waals surface area (Å²) in [6.45, 7) is 2.29. The number of benzene rings is 1. The van der Waals surface area contributed by atoms with Crippen LogP contribution in [0.3, 0.4) is 0 Å². The number of carbonyl (C=O) groups is 1. The summed E-state index contributed by atoms with van der Waals surface area (Å²) in [6.07, 6.45) is 4.83. The number of anilines is 1. The maximum absolute atomic E-state index is 11.3. The molecule has 0 bridgehead atoms. The quantitative estimate of drug-likeness (QED) is 0.899. The van der Waals surface area contributed by atoms with Gasteiger partial charge in [-0.2, -0.15) is 0 Å². The maximum Gasteiger partial charge on any atom is 0.337 e. The van der Waals surface area contributed by atoms with Crippen LogP contribution in [0.2, 0.25) is 5.02 Å². The molecule has 0 aliphatic carbocycles. The van der Waals surface area contributed by atoms with Crippen molar-refractivity contribution in [2.24, 2.45) is 0 Å². The van der Waals surface area contributed by atoms with E-state index in [-0.39, 0.29) is 5.56 Å². The molecule has 2 saturated heterocycles. The summed E-state index contributed by atoms with van der Waals surface area (Å²) in [5, 5.41) is 13.2. The molecular formula is C15H19ClN2O2. The second kappa shape index (κ2) is 5.62. The van der Waals surface area contributed by atoms with Crippen molar-refractivity contribution >= 4 is 23.3 Å². The second-order valence-electron chi connectivity index (χ2n) is 5.63. The first-order valence-corrected chi connectivity index (χ1v) is 7.56. The number of rotatable bonds is 3. The number of fused-ring (bicyclic) bond motifs is 1. The fraction of sp³-hybridized carbons (Fsp3) is 0.533. The van der Waals surface area contributed by atoms with Gasteiger partial charge >= 0.3 is 5.97 Å². The predicted octanol–water partition coefficient (Wildman–Crippen LogP) is 3.08. The van der Waals surface area contributed by atoms with E-state index in [1.54, 1.807) is 12.1 Å². The Kier molecular flexibility index (Phi) is 3.85. The van der Waals surface area contributed by atoms with Gasteiger partial charge in [0.25, 0.3) is 0 Å². The van der Waals surface area contributed by atoms with E-state index in [4.69, 9.17) is 11.6 Å². The molecule has 0 spiro atoms. The lowest BCUT2D eigenvalue weighted by molar-refractivity contribution is 0.0698. The van der Waals surface area contributed by atoms with Crippen molar-refractivity contribution in [3.63, 3.8) is 0 Å². The molecule has 0 radical (unpaired) electrons. The van der Waals surface area contributed by atoms with Crippen LogP contribution >= 0.6 is 11.6 Å². The Hall–Kier alpha value is -1.26. The molecule has 2 heterocycles. The van der Waals surface area contributed by atoms with Crippen LogP contribution in [0.25, 0.3) is 0 Å². The number of hydrogen-bond donors (Lipinski definition) is 2. The minimum Gasteiger partial charge on any atom is -0.478 e. The summed E-state index contributed by atoms with van der Waals surface area (Å²) in [5.41, 5.74) is 0.936. The summed E-state index contributed by atoms with van der Waals surface area (Å²) in [6, 6.07) is 5.91. The van der Waals surface area contributed by atoms with Crippen LogP contribution in [0.1, 0.15) is 36.0 Å². The fourth-order valence-corrected chi connectivity index (χ4v) is 3.61. The molecule has 0 aromatic heterocycles. The van der Waals surface area contributed by atoms with Crippen molar-refractivity contribution in [2.45, 2.75) is 37.8 Å². The zero-order chi connectivity index (χ0) is 14.1. The Labute approximate surface area is 123 Å². The second-order valence-corrected chi connectivity index (χ2v) is 6.07. The van der Waals surface area contributed by atoms with Crippen molar-refractivity contribution in [2.75, 3.05) is 18.4 Å². The SMILES string of the molecule is O=C(O)c1cc(Cl)ccc1NC1CCN2CCCCC12. The normalized spacial score (nSPS) is 26.2. The highest BCUT2D eigenvalue weighted by molar-refractivity contribution is 6.31. The zero-order valence-electron chi connectivity index (χ0n) is 11.3. The molecule has 20 heavy (non-hydrogen) atoms. The first-order valence-electron chi connectivity index (χ1n) is 7.18. The van der Waals surface area contributed by atoms with Crippen molar-refractivity contribution in [3.05, 3.63) is 28.8 Å². The van der Waals surface area contributed by atoms with Crippen LogP contribution in [-0.4, -0.2) is 41.1 Å². The maximum atomic E-state index is 11.3. The summed E-state index contributed by atoms with van der Waals surface area (Å²) < 4.78 is 0. The first-order chi connectivity index (χ1) is 9.65. The number of carboxylic acid groups (broad SMARTS) is 1. The number of carboxylic acids is 1. The van der Waals surface area contributed by atoms with Crippen molar-refractivity contribution in [3.8, 4) is 0 Å². The number of nitrogens with zero attached hydrogens (tertiary/aromatic N) is 1. The van der Waals surface area contributed by atoms with Gasteiger partial charge in [0, 0.05) is 29.3 Å². The third-order valence-electron chi connectivity index (χ3n) is 4.41. The molecule has 3 rings (SSSR count). The summed E-state index contributed by atoms with van der Waals surface area (Å²) in [4.78, 5) is 13.8. The molecule has 2 fully saturated rings. The van der Waals surface area contributed by atoms with E-state index >= 15 is 0 Å². The van der Waals surface area contributed by atoms with Gasteiger partial charge in [-0.25, -0.2) is 4.79 Å². The van der Waals surface area contributed by atoms with E-state index in [1.165, 1.54) is 31.9 Å². The number of nitrogens with one attached hydrogen (secondary N) is 1. The van der Waals surface area contributed by atoms with Crippen LogP contribution in [0.4, 0.5) is 5.69 Å². The summed E-state index contributed by atoms with van der Waals surface area (Å²) >= 11 is 5.89. The average Bonchev–Trinajstić information content (AvgIpc) is 2.84. The van der Waals surface area contributed by atoms with Crippen LogP contribution in [0, 0.1) is 0 Å². The van der Waals surface area contributed by atoms with Crippen LogP contribution < -0.4 is 5.32 Å². The van der Waals surface area contributed by atoms with Crippen LogP contribution in [-0.2, 0) is 0 Å². The molecule has 2 N–H and O–H groups in total. The lowest BCUT2D eigenvalue weighted by Gasteiger charge is -2.33. The number of piperidine rings is 1. The lowest BCUT2D eigenvalue weighted by atomic mass is 9.98. The summed E-state index contributed by atoms with van der Waals surface area (Å²) in [7, 11) is 0. The number of hydrogen-bond acceptors (Lipinski definition) is 3. The highest BCUT2D eigenvalue weighted by Gasteiger charge is 2.35. The third kappa shape index (κ3) is 2.63. The topological polar surface area (TPSA) is 52.6 Å². The van der Waals surface area contributed by atoms with Crippen molar-refractivity contribution < 1.29 is 9.90 Å². The minimum atomic E-state index is -0.937. The standard InChI is InChI=1S/C15H19ClN2O2/c16-10-4-5-12(11(9-10)15(19)20)17-13-6-8-18-7-2-1-3-14(13)18/h4-5,9,13-14,17H,1-3,6-8H2,(H,19,20). The van der Waals surface area contributed by atoms with E-state index in [9.17, 15) is 9.90 Å². The molecule has 4 nitrogen and oxygen atoms in total. The van der Waals surface area contributed by atoms with Gasteiger partial charge in [-0.1, -0.05) is 18.0 Å². The molecular weight excluding hydrogens is 276 g/mol. The molecule has 1 aromatic rings.